The number of hydrogen-bond acceptors (Lipinski definition) is 7. The second-order valence-electron chi connectivity index (χ2n) is 9.35. The van der Waals surface area contributed by atoms with Crippen molar-refractivity contribution in [3.05, 3.63) is 107 Å². The molecule has 0 amide bonds. The Morgan fingerprint density at radius 2 is 1.15 bits per heavy atom. The molecule has 0 fully saturated rings. The summed E-state index contributed by atoms with van der Waals surface area (Å²) < 4.78 is 17.5. The first-order valence-corrected chi connectivity index (χ1v) is 13.0. The number of allylic oxidation sites excluding steroid dienone is 12. The minimum absolute atomic E-state index is 0.591. The van der Waals surface area contributed by atoms with Gasteiger partial charge in [-0.25, -0.2) is 20.0 Å². The van der Waals surface area contributed by atoms with E-state index >= 15 is 0 Å². The molecule has 0 saturated heterocycles. The maximum absolute atomic E-state index is 6.04. The topological polar surface area (TPSA) is 77.1 Å². The normalized spacial score (nSPS) is 18.5. The van der Waals surface area contributed by atoms with E-state index in [9.17, 15) is 0 Å². The van der Waals surface area contributed by atoms with Crippen LogP contribution in [0.15, 0.2) is 122 Å². The van der Waals surface area contributed by atoms with E-state index in [2.05, 4.69) is 18.0 Å². The van der Waals surface area contributed by atoms with E-state index in [0.29, 0.717) is 23.9 Å². The summed E-state index contributed by atoms with van der Waals surface area (Å²) >= 11 is 0. The molecule has 39 heavy (non-hydrogen) atoms. The van der Waals surface area contributed by atoms with Gasteiger partial charge in [-0.1, -0.05) is 13.3 Å². The summed E-state index contributed by atoms with van der Waals surface area (Å²) in [6, 6.07) is 3.93. The summed E-state index contributed by atoms with van der Waals surface area (Å²) in [5, 5.41) is 0. The van der Waals surface area contributed by atoms with E-state index < -0.39 is 0 Å². The zero-order valence-corrected chi connectivity index (χ0v) is 22.1. The van der Waals surface area contributed by atoms with Crippen molar-refractivity contribution in [2.24, 2.45) is 20.0 Å². The van der Waals surface area contributed by atoms with Crippen LogP contribution in [0, 0.1) is 0 Å². The first-order valence-electron chi connectivity index (χ1n) is 13.0. The van der Waals surface area contributed by atoms with Gasteiger partial charge in [0, 0.05) is 5.57 Å². The molecule has 0 atom stereocenters. The predicted octanol–water partition coefficient (Wildman–Crippen LogP) is 6.30. The number of fused-ring (bicyclic) bond motifs is 4. The number of ether oxygens (including phenoxy) is 3. The average molecular weight is 517 g/mol. The van der Waals surface area contributed by atoms with Crippen LogP contribution in [0.3, 0.4) is 0 Å². The molecule has 5 aliphatic heterocycles. The van der Waals surface area contributed by atoms with Crippen molar-refractivity contribution >= 4 is 28.4 Å². The van der Waals surface area contributed by atoms with Gasteiger partial charge in [-0.15, -0.1) is 0 Å². The molecule has 0 unspecified atom stereocenters. The molecule has 6 rings (SSSR count). The summed E-state index contributed by atoms with van der Waals surface area (Å²) in [7, 11) is 3.28. The van der Waals surface area contributed by atoms with Crippen LogP contribution in [0.4, 0.5) is 0 Å². The number of rotatable bonds is 7. The standard InChI is InChI=1S/C32H28N4O3/c1-4-5-12-39-32-30(37-2)13-20(14-31(32)38-3)28-18-27-17-25-9-8-23(34-25)15-21-6-7-22(33-21)16-24-10-11-26(35-24)19-29(28)36-27/h6-11,13-19H,4-5,12H2,1-3H3. The Kier molecular flexibility index (Phi) is 6.63. The molecular weight excluding hydrogens is 488 g/mol. The summed E-state index contributed by atoms with van der Waals surface area (Å²) in [6.07, 6.45) is 23.8. The Morgan fingerprint density at radius 1 is 0.615 bits per heavy atom. The summed E-state index contributed by atoms with van der Waals surface area (Å²) in [5.74, 6) is 1.82. The summed E-state index contributed by atoms with van der Waals surface area (Å²) in [6.45, 7) is 2.72. The van der Waals surface area contributed by atoms with Crippen LogP contribution >= 0.6 is 0 Å². The third-order valence-electron chi connectivity index (χ3n) is 6.55. The Bertz CT molecular complexity index is 1590. The lowest BCUT2D eigenvalue weighted by Crippen LogP contribution is -2.03. The number of aliphatic imine (C=N–C) groups is 4. The highest BCUT2D eigenvalue weighted by Crippen LogP contribution is 2.42. The minimum atomic E-state index is 0.591. The second kappa shape index (κ2) is 10.5. The number of methoxy groups -OCH3 is 2. The van der Waals surface area contributed by atoms with Gasteiger partial charge in [0.15, 0.2) is 11.5 Å². The zero-order valence-electron chi connectivity index (χ0n) is 22.1. The molecule has 1 aromatic rings. The molecule has 5 heterocycles. The Labute approximate surface area is 227 Å². The van der Waals surface area contributed by atoms with Crippen molar-refractivity contribution in [1.82, 2.24) is 0 Å². The van der Waals surface area contributed by atoms with Crippen LogP contribution in [-0.2, 0) is 0 Å². The van der Waals surface area contributed by atoms with Crippen LogP contribution in [0.25, 0.3) is 5.57 Å². The van der Waals surface area contributed by atoms with Gasteiger partial charge in [-0.2, -0.15) is 0 Å². The molecule has 0 N–H and O–H groups in total. The number of nitrogens with zero attached hydrogens (tertiary/aromatic N) is 4. The number of hydrogen-bond donors (Lipinski definition) is 0. The maximum atomic E-state index is 6.04. The van der Waals surface area contributed by atoms with Gasteiger partial charge < -0.3 is 14.2 Å². The third kappa shape index (κ3) is 5.16. The molecule has 0 aliphatic carbocycles. The minimum Gasteiger partial charge on any atom is -0.493 e. The highest BCUT2D eigenvalue weighted by molar-refractivity contribution is 6.32. The molecule has 0 radical (unpaired) electrons. The van der Waals surface area contributed by atoms with Crippen LogP contribution in [-0.4, -0.2) is 43.7 Å². The lowest BCUT2D eigenvalue weighted by Gasteiger charge is -2.16. The molecule has 7 heteroatoms. The molecule has 1 aromatic carbocycles. The van der Waals surface area contributed by atoms with Gasteiger partial charge in [0.1, 0.15) is 0 Å². The van der Waals surface area contributed by atoms with E-state index in [1.165, 1.54) is 0 Å². The molecule has 0 aromatic heterocycles. The molecule has 0 spiro atoms. The van der Waals surface area contributed by atoms with Gasteiger partial charge in [0.05, 0.1) is 66.5 Å². The van der Waals surface area contributed by atoms with Crippen molar-refractivity contribution in [3.63, 3.8) is 0 Å². The highest BCUT2D eigenvalue weighted by atomic mass is 16.5. The van der Waals surface area contributed by atoms with Gasteiger partial charge in [0.2, 0.25) is 5.75 Å². The van der Waals surface area contributed by atoms with E-state index in [0.717, 1.165) is 69.6 Å². The first-order chi connectivity index (χ1) is 19.1. The van der Waals surface area contributed by atoms with E-state index in [1.807, 2.05) is 72.9 Å². The lowest BCUT2D eigenvalue weighted by molar-refractivity contribution is 0.270. The van der Waals surface area contributed by atoms with Crippen LogP contribution in [0.2, 0.25) is 0 Å². The van der Waals surface area contributed by atoms with Crippen molar-refractivity contribution < 1.29 is 14.2 Å². The third-order valence-corrected chi connectivity index (χ3v) is 6.55. The molecular formula is C32H28N4O3. The summed E-state index contributed by atoms with van der Waals surface area (Å²) in [4.78, 5) is 19.2. The second-order valence-corrected chi connectivity index (χ2v) is 9.35. The van der Waals surface area contributed by atoms with Crippen LogP contribution in [0.1, 0.15) is 25.3 Å². The largest absolute Gasteiger partial charge is 0.493 e. The Morgan fingerprint density at radius 3 is 1.69 bits per heavy atom. The fourth-order valence-corrected chi connectivity index (χ4v) is 4.62. The molecule has 0 saturated carbocycles. The van der Waals surface area contributed by atoms with Gasteiger partial charge in [0.25, 0.3) is 0 Å². The fraction of sp³-hybridized carbons (Fsp3) is 0.188. The monoisotopic (exact) mass is 516 g/mol. The molecule has 8 bridgehead atoms. The van der Waals surface area contributed by atoms with Crippen molar-refractivity contribution in [3.8, 4) is 17.2 Å². The van der Waals surface area contributed by atoms with Crippen molar-refractivity contribution in [2.75, 3.05) is 20.8 Å². The quantitative estimate of drug-likeness (QED) is 0.399. The van der Waals surface area contributed by atoms with Gasteiger partial charge >= 0.3 is 0 Å². The zero-order chi connectivity index (χ0) is 26.8. The van der Waals surface area contributed by atoms with Crippen LogP contribution in [0.5, 0.6) is 17.2 Å². The Balaban J connectivity index is 1.45. The SMILES string of the molecule is CCCCOc1c(OC)cc(C2=CC3=CC4=NC(=CC5=NC(=CC6=NC(=CC2=N3)C=C6)C=C5)C=C4)cc1OC. The van der Waals surface area contributed by atoms with Gasteiger partial charge in [-0.05, 0) is 91.0 Å². The van der Waals surface area contributed by atoms with Crippen molar-refractivity contribution in [1.29, 1.82) is 0 Å². The first kappa shape index (κ1) is 24.6. The van der Waals surface area contributed by atoms with Gasteiger partial charge in [-0.3, -0.25) is 0 Å². The van der Waals surface area contributed by atoms with Crippen molar-refractivity contribution in [2.45, 2.75) is 19.8 Å². The smallest absolute Gasteiger partial charge is 0.203 e. The predicted molar refractivity (Wildman–Crippen MR) is 157 cm³/mol. The molecule has 194 valence electrons. The van der Waals surface area contributed by atoms with E-state index in [1.54, 1.807) is 14.2 Å². The molecule has 7 nitrogen and oxygen atoms in total. The summed E-state index contributed by atoms with van der Waals surface area (Å²) in [5.41, 5.74) is 8.44. The Hall–Kier alpha value is -4.78. The average Bonchev–Trinajstić information content (AvgIpc) is 3.74. The molecule has 5 aliphatic rings. The van der Waals surface area contributed by atoms with E-state index in [-0.39, 0.29) is 0 Å². The number of benzene rings is 1. The highest BCUT2D eigenvalue weighted by Gasteiger charge is 2.22. The van der Waals surface area contributed by atoms with Crippen LogP contribution < -0.4 is 14.2 Å². The number of unbranched alkanes of at least 4 members (excludes halogenated alkanes) is 1. The maximum Gasteiger partial charge on any atom is 0.203 e. The fourth-order valence-electron chi connectivity index (χ4n) is 4.62. The lowest BCUT2D eigenvalue weighted by atomic mass is 9.99. The van der Waals surface area contributed by atoms with E-state index in [4.69, 9.17) is 29.2 Å².